The summed E-state index contributed by atoms with van der Waals surface area (Å²) in [5, 5.41) is 8.72. The van der Waals surface area contributed by atoms with Crippen molar-refractivity contribution < 1.29 is 24.2 Å². The Morgan fingerprint density at radius 3 is 2.81 bits per heavy atom. The van der Waals surface area contributed by atoms with Gasteiger partial charge in [0.1, 0.15) is 5.60 Å². The third kappa shape index (κ3) is 2.67. The second kappa shape index (κ2) is 5.29. The third-order valence-electron chi connectivity index (χ3n) is 3.80. The van der Waals surface area contributed by atoms with E-state index in [4.69, 9.17) is 19.4 Å². The number of hydroxylamine groups is 1. The fourth-order valence-electron chi connectivity index (χ4n) is 2.49. The Kier molecular flexibility index (Phi) is 3.47. The SMILES string of the molecule is COc1ccc(C2=CC3(CCC3)ON2)cc1OCC(=O)O. The van der Waals surface area contributed by atoms with Gasteiger partial charge in [0.25, 0.3) is 0 Å². The van der Waals surface area contributed by atoms with Crippen LogP contribution in [0.3, 0.4) is 0 Å². The largest absolute Gasteiger partial charge is 0.493 e. The zero-order valence-electron chi connectivity index (χ0n) is 11.7. The highest BCUT2D eigenvalue weighted by atomic mass is 16.7. The number of hydrogen-bond acceptors (Lipinski definition) is 5. The van der Waals surface area contributed by atoms with Gasteiger partial charge < -0.3 is 14.6 Å². The van der Waals surface area contributed by atoms with E-state index in [1.165, 1.54) is 13.5 Å². The number of aliphatic carboxylic acids is 1. The van der Waals surface area contributed by atoms with E-state index in [0.717, 1.165) is 24.1 Å². The average molecular weight is 291 g/mol. The molecule has 1 aromatic carbocycles. The summed E-state index contributed by atoms with van der Waals surface area (Å²) in [6, 6.07) is 5.38. The summed E-state index contributed by atoms with van der Waals surface area (Å²) < 4.78 is 10.4. The molecule has 0 bridgehead atoms. The van der Waals surface area contributed by atoms with Crippen LogP contribution in [0.25, 0.3) is 5.70 Å². The molecule has 0 unspecified atom stereocenters. The molecular formula is C15H17NO5. The number of nitrogens with one attached hydrogen (secondary N) is 1. The second-order valence-electron chi connectivity index (χ2n) is 5.23. The molecule has 2 N–H and O–H groups in total. The van der Waals surface area contributed by atoms with Crippen LogP contribution in [0.1, 0.15) is 24.8 Å². The maximum atomic E-state index is 10.6. The topological polar surface area (TPSA) is 77.0 Å². The second-order valence-corrected chi connectivity index (χ2v) is 5.23. The molecule has 21 heavy (non-hydrogen) atoms. The monoisotopic (exact) mass is 291 g/mol. The van der Waals surface area contributed by atoms with Gasteiger partial charge in [-0.05, 0) is 43.5 Å². The van der Waals surface area contributed by atoms with Gasteiger partial charge in [-0.15, -0.1) is 0 Å². The first-order chi connectivity index (χ1) is 10.1. The van der Waals surface area contributed by atoms with Crippen molar-refractivity contribution in [3.8, 4) is 11.5 Å². The van der Waals surface area contributed by atoms with Crippen LogP contribution >= 0.6 is 0 Å². The standard InChI is InChI=1S/C15H17NO5/c1-19-12-4-3-10(7-13(12)20-9-14(17)18)11-8-15(21-16-11)5-2-6-15/h3-4,7-8,16H,2,5-6,9H2,1H3,(H,17,18). The maximum absolute atomic E-state index is 10.6. The Morgan fingerprint density at radius 2 is 2.24 bits per heavy atom. The van der Waals surface area contributed by atoms with Gasteiger partial charge in [0.15, 0.2) is 18.1 Å². The molecule has 1 spiro atoms. The van der Waals surface area contributed by atoms with Crippen LogP contribution < -0.4 is 15.0 Å². The minimum absolute atomic E-state index is 0.169. The number of hydrogen-bond donors (Lipinski definition) is 2. The van der Waals surface area contributed by atoms with Gasteiger partial charge in [0.2, 0.25) is 0 Å². The molecule has 3 rings (SSSR count). The molecule has 1 fully saturated rings. The van der Waals surface area contributed by atoms with Crippen molar-refractivity contribution >= 4 is 11.7 Å². The van der Waals surface area contributed by atoms with Gasteiger partial charge in [-0.2, -0.15) is 0 Å². The number of carboxylic acid groups (broad SMARTS) is 1. The van der Waals surface area contributed by atoms with Gasteiger partial charge in [-0.1, -0.05) is 0 Å². The molecule has 6 heteroatoms. The Morgan fingerprint density at radius 1 is 1.43 bits per heavy atom. The lowest BCUT2D eigenvalue weighted by molar-refractivity contribution is -0.139. The van der Waals surface area contributed by atoms with Crippen LogP contribution in [0.2, 0.25) is 0 Å². The fourth-order valence-corrected chi connectivity index (χ4v) is 2.49. The van der Waals surface area contributed by atoms with E-state index in [9.17, 15) is 4.79 Å². The number of carbonyl (C=O) groups is 1. The van der Waals surface area contributed by atoms with E-state index in [0.29, 0.717) is 11.5 Å². The predicted octanol–water partition coefficient (Wildman–Crippen LogP) is 1.96. The van der Waals surface area contributed by atoms with E-state index < -0.39 is 12.6 Å². The van der Waals surface area contributed by atoms with Crippen LogP contribution in [0.4, 0.5) is 0 Å². The molecule has 1 aliphatic carbocycles. The lowest BCUT2D eigenvalue weighted by Gasteiger charge is -2.33. The summed E-state index contributed by atoms with van der Waals surface area (Å²) in [5.74, 6) is -0.134. The zero-order chi connectivity index (χ0) is 14.9. The minimum Gasteiger partial charge on any atom is -0.493 e. The molecule has 0 radical (unpaired) electrons. The summed E-state index contributed by atoms with van der Waals surface area (Å²) in [6.07, 6.45) is 5.28. The predicted molar refractivity (Wildman–Crippen MR) is 74.9 cm³/mol. The summed E-state index contributed by atoms with van der Waals surface area (Å²) in [7, 11) is 1.52. The van der Waals surface area contributed by atoms with Crippen molar-refractivity contribution in [1.29, 1.82) is 0 Å². The number of rotatable bonds is 5. The Bertz CT molecular complexity index is 592. The first-order valence-electron chi connectivity index (χ1n) is 6.82. The lowest BCUT2D eigenvalue weighted by Crippen LogP contribution is -2.36. The van der Waals surface area contributed by atoms with Gasteiger partial charge in [0, 0.05) is 5.56 Å². The van der Waals surface area contributed by atoms with Crippen LogP contribution in [-0.2, 0) is 9.63 Å². The quantitative estimate of drug-likeness (QED) is 0.863. The molecule has 6 nitrogen and oxygen atoms in total. The highest BCUT2D eigenvalue weighted by molar-refractivity contribution is 5.70. The number of benzene rings is 1. The molecule has 1 aliphatic heterocycles. The van der Waals surface area contributed by atoms with Crippen molar-refractivity contribution in [3.05, 3.63) is 29.8 Å². The molecule has 0 amide bonds. The summed E-state index contributed by atoms with van der Waals surface area (Å²) >= 11 is 0. The number of carboxylic acids is 1. The molecule has 1 saturated carbocycles. The van der Waals surface area contributed by atoms with Crippen LogP contribution in [-0.4, -0.2) is 30.4 Å². The molecule has 1 heterocycles. The molecular weight excluding hydrogens is 274 g/mol. The van der Waals surface area contributed by atoms with Crippen molar-refractivity contribution in [3.63, 3.8) is 0 Å². The Hall–Kier alpha value is -2.21. The lowest BCUT2D eigenvalue weighted by atomic mass is 9.80. The van der Waals surface area contributed by atoms with E-state index in [1.807, 2.05) is 6.07 Å². The van der Waals surface area contributed by atoms with E-state index in [1.54, 1.807) is 12.1 Å². The molecule has 2 aliphatic rings. The van der Waals surface area contributed by atoms with Crippen LogP contribution in [0, 0.1) is 0 Å². The molecule has 0 atom stereocenters. The zero-order valence-corrected chi connectivity index (χ0v) is 11.7. The van der Waals surface area contributed by atoms with Crippen molar-refractivity contribution in [2.45, 2.75) is 24.9 Å². The molecule has 0 saturated heterocycles. The van der Waals surface area contributed by atoms with Gasteiger partial charge in [0.05, 0.1) is 12.8 Å². The van der Waals surface area contributed by atoms with Crippen molar-refractivity contribution in [2.24, 2.45) is 0 Å². The van der Waals surface area contributed by atoms with Crippen molar-refractivity contribution in [2.75, 3.05) is 13.7 Å². The minimum atomic E-state index is -1.03. The van der Waals surface area contributed by atoms with E-state index >= 15 is 0 Å². The average Bonchev–Trinajstić information content (AvgIpc) is 2.90. The first-order valence-corrected chi connectivity index (χ1v) is 6.82. The van der Waals surface area contributed by atoms with Crippen LogP contribution in [0.5, 0.6) is 11.5 Å². The summed E-state index contributed by atoms with van der Waals surface area (Å²) in [5.41, 5.74) is 4.52. The van der Waals surface area contributed by atoms with E-state index in [2.05, 4.69) is 11.6 Å². The van der Waals surface area contributed by atoms with E-state index in [-0.39, 0.29) is 5.60 Å². The normalized spacial score (nSPS) is 18.6. The maximum Gasteiger partial charge on any atom is 0.341 e. The third-order valence-corrected chi connectivity index (χ3v) is 3.80. The molecule has 1 aromatic rings. The van der Waals surface area contributed by atoms with Crippen LogP contribution in [0.15, 0.2) is 24.3 Å². The highest BCUT2D eigenvalue weighted by Crippen LogP contribution is 2.42. The Labute approximate surface area is 122 Å². The summed E-state index contributed by atoms with van der Waals surface area (Å²) in [6.45, 7) is -0.410. The highest BCUT2D eigenvalue weighted by Gasteiger charge is 2.41. The smallest absolute Gasteiger partial charge is 0.341 e. The Balaban J connectivity index is 1.84. The number of ether oxygens (including phenoxy) is 2. The van der Waals surface area contributed by atoms with Crippen molar-refractivity contribution in [1.82, 2.24) is 5.48 Å². The van der Waals surface area contributed by atoms with Gasteiger partial charge in [-0.25, -0.2) is 4.79 Å². The molecule has 112 valence electrons. The van der Waals surface area contributed by atoms with Gasteiger partial charge in [-0.3, -0.25) is 10.3 Å². The van der Waals surface area contributed by atoms with Gasteiger partial charge >= 0.3 is 5.97 Å². The first kappa shape index (κ1) is 13.8. The summed E-state index contributed by atoms with van der Waals surface area (Å²) in [4.78, 5) is 16.3. The number of methoxy groups -OCH3 is 1. The molecule has 0 aromatic heterocycles. The fraction of sp³-hybridized carbons (Fsp3) is 0.400.